The zero-order valence-electron chi connectivity index (χ0n) is 10.2. The minimum atomic E-state index is -0.492. The largest absolute Gasteiger partial charge is 0.386 e. The number of hydrogen-bond donors (Lipinski definition) is 1. The van der Waals surface area contributed by atoms with Gasteiger partial charge in [-0.15, -0.1) is 0 Å². The SMILES string of the molecule is CCC(C(O)c1ccccc1)n1ccnc1C. The highest BCUT2D eigenvalue weighted by Gasteiger charge is 2.21. The van der Waals surface area contributed by atoms with E-state index in [0.717, 1.165) is 17.8 Å². The lowest BCUT2D eigenvalue weighted by atomic mass is 10.00. The molecule has 2 rings (SSSR count). The summed E-state index contributed by atoms with van der Waals surface area (Å²) < 4.78 is 2.04. The van der Waals surface area contributed by atoms with Crippen LogP contribution in [0.4, 0.5) is 0 Å². The first-order chi connectivity index (χ1) is 8.24. The number of aliphatic hydroxyl groups is 1. The van der Waals surface area contributed by atoms with Gasteiger partial charge in [-0.2, -0.15) is 0 Å². The molecule has 0 bridgehead atoms. The van der Waals surface area contributed by atoms with Crippen molar-refractivity contribution in [2.75, 3.05) is 0 Å². The highest BCUT2D eigenvalue weighted by atomic mass is 16.3. The van der Waals surface area contributed by atoms with Crippen LogP contribution in [0.25, 0.3) is 0 Å². The van der Waals surface area contributed by atoms with Crippen molar-refractivity contribution in [2.24, 2.45) is 0 Å². The van der Waals surface area contributed by atoms with Crippen LogP contribution in [0.2, 0.25) is 0 Å². The van der Waals surface area contributed by atoms with Crippen molar-refractivity contribution < 1.29 is 5.11 Å². The molecule has 0 amide bonds. The first-order valence-electron chi connectivity index (χ1n) is 5.96. The van der Waals surface area contributed by atoms with E-state index in [2.05, 4.69) is 11.9 Å². The number of benzene rings is 1. The maximum Gasteiger partial charge on any atom is 0.105 e. The van der Waals surface area contributed by atoms with Gasteiger partial charge in [-0.3, -0.25) is 0 Å². The molecule has 1 aromatic heterocycles. The third kappa shape index (κ3) is 2.39. The van der Waals surface area contributed by atoms with Gasteiger partial charge in [-0.1, -0.05) is 37.3 Å². The van der Waals surface area contributed by atoms with Crippen LogP contribution in [0.5, 0.6) is 0 Å². The Morgan fingerprint density at radius 2 is 2.00 bits per heavy atom. The normalized spacial score (nSPS) is 14.5. The molecular weight excluding hydrogens is 212 g/mol. The summed E-state index contributed by atoms with van der Waals surface area (Å²) in [5.41, 5.74) is 0.951. The zero-order valence-corrected chi connectivity index (χ0v) is 10.2. The van der Waals surface area contributed by atoms with E-state index in [9.17, 15) is 5.11 Å². The molecule has 1 aromatic carbocycles. The van der Waals surface area contributed by atoms with Crippen LogP contribution < -0.4 is 0 Å². The summed E-state index contributed by atoms with van der Waals surface area (Å²) in [6.45, 7) is 4.04. The van der Waals surface area contributed by atoms with Crippen LogP contribution in [0, 0.1) is 6.92 Å². The lowest BCUT2D eigenvalue weighted by molar-refractivity contribution is 0.109. The van der Waals surface area contributed by atoms with Crippen molar-refractivity contribution >= 4 is 0 Å². The van der Waals surface area contributed by atoms with Crippen LogP contribution in [0.1, 0.15) is 36.9 Å². The number of hydrogen-bond acceptors (Lipinski definition) is 2. The van der Waals surface area contributed by atoms with Crippen LogP contribution in [-0.2, 0) is 0 Å². The Kier molecular flexibility index (Phi) is 3.59. The van der Waals surface area contributed by atoms with Crippen molar-refractivity contribution in [2.45, 2.75) is 32.4 Å². The number of nitrogens with zero attached hydrogens (tertiary/aromatic N) is 2. The molecule has 90 valence electrons. The topological polar surface area (TPSA) is 38.0 Å². The molecule has 1 heterocycles. The second kappa shape index (κ2) is 5.15. The molecule has 17 heavy (non-hydrogen) atoms. The number of aryl methyl sites for hydroxylation is 1. The molecule has 0 aliphatic rings. The summed E-state index contributed by atoms with van der Waals surface area (Å²) in [6, 6.07) is 9.82. The van der Waals surface area contributed by atoms with Crippen molar-refractivity contribution in [3.8, 4) is 0 Å². The Hall–Kier alpha value is -1.61. The van der Waals surface area contributed by atoms with E-state index in [0.29, 0.717) is 0 Å². The van der Waals surface area contributed by atoms with Gasteiger partial charge >= 0.3 is 0 Å². The third-order valence-corrected chi connectivity index (χ3v) is 3.14. The first-order valence-corrected chi connectivity index (χ1v) is 5.96. The maximum absolute atomic E-state index is 10.4. The van der Waals surface area contributed by atoms with E-state index in [4.69, 9.17) is 0 Å². The molecule has 3 heteroatoms. The van der Waals surface area contributed by atoms with Gasteiger partial charge in [0.15, 0.2) is 0 Å². The average molecular weight is 230 g/mol. The van der Waals surface area contributed by atoms with E-state index >= 15 is 0 Å². The minimum Gasteiger partial charge on any atom is -0.386 e. The fourth-order valence-corrected chi connectivity index (χ4v) is 2.18. The van der Waals surface area contributed by atoms with Crippen LogP contribution in [-0.4, -0.2) is 14.7 Å². The van der Waals surface area contributed by atoms with E-state index in [1.54, 1.807) is 6.20 Å². The monoisotopic (exact) mass is 230 g/mol. The number of aliphatic hydroxyl groups excluding tert-OH is 1. The minimum absolute atomic E-state index is 0.0416. The quantitative estimate of drug-likeness (QED) is 0.877. The number of rotatable bonds is 4. The molecule has 0 saturated heterocycles. The summed E-state index contributed by atoms with van der Waals surface area (Å²) in [4.78, 5) is 4.21. The molecule has 0 fully saturated rings. The van der Waals surface area contributed by atoms with Gasteiger partial charge in [0.25, 0.3) is 0 Å². The standard InChI is InChI=1S/C14H18N2O/c1-3-13(16-10-9-15-11(16)2)14(17)12-7-5-4-6-8-12/h4-10,13-14,17H,3H2,1-2H3. The van der Waals surface area contributed by atoms with Crippen molar-refractivity contribution in [3.05, 3.63) is 54.1 Å². The van der Waals surface area contributed by atoms with Crippen molar-refractivity contribution in [1.82, 2.24) is 9.55 Å². The average Bonchev–Trinajstić information content (AvgIpc) is 2.78. The molecule has 0 spiro atoms. The molecule has 3 nitrogen and oxygen atoms in total. The van der Waals surface area contributed by atoms with E-state index in [-0.39, 0.29) is 6.04 Å². The highest BCUT2D eigenvalue weighted by molar-refractivity contribution is 5.18. The lowest BCUT2D eigenvalue weighted by Crippen LogP contribution is -2.17. The molecule has 0 radical (unpaired) electrons. The van der Waals surface area contributed by atoms with Gasteiger partial charge in [-0.05, 0) is 18.9 Å². The molecule has 1 N–H and O–H groups in total. The summed E-state index contributed by atoms with van der Waals surface area (Å²) >= 11 is 0. The molecule has 2 atom stereocenters. The molecule has 0 aliphatic heterocycles. The predicted molar refractivity (Wildman–Crippen MR) is 67.7 cm³/mol. The van der Waals surface area contributed by atoms with Crippen molar-refractivity contribution in [1.29, 1.82) is 0 Å². The summed E-state index contributed by atoms with van der Waals surface area (Å²) in [5, 5.41) is 10.4. The highest BCUT2D eigenvalue weighted by Crippen LogP contribution is 2.29. The van der Waals surface area contributed by atoms with Gasteiger partial charge in [-0.25, -0.2) is 4.98 Å². The third-order valence-electron chi connectivity index (χ3n) is 3.14. The van der Waals surface area contributed by atoms with Gasteiger partial charge in [0, 0.05) is 12.4 Å². The van der Waals surface area contributed by atoms with Crippen LogP contribution in [0.15, 0.2) is 42.7 Å². The van der Waals surface area contributed by atoms with E-state index in [1.807, 2.05) is 48.0 Å². The zero-order chi connectivity index (χ0) is 12.3. The Morgan fingerprint density at radius 3 is 2.53 bits per heavy atom. The molecule has 2 aromatic rings. The smallest absolute Gasteiger partial charge is 0.105 e. The maximum atomic E-state index is 10.4. The van der Waals surface area contributed by atoms with Gasteiger partial charge in [0.1, 0.15) is 5.82 Å². The second-order valence-electron chi connectivity index (χ2n) is 4.21. The first kappa shape index (κ1) is 11.9. The second-order valence-corrected chi connectivity index (χ2v) is 4.21. The van der Waals surface area contributed by atoms with Gasteiger partial charge in [0.05, 0.1) is 12.1 Å². The summed E-state index contributed by atoms with van der Waals surface area (Å²) in [6.07, 6.45) is 4.08. The molecule has 2 unspecified atom stereocenters. The van der Waals surface area contributed by atoms with Crippen LogP contribution in [0.3, 0.4) is 0 Å². The van der Waals surface area contributed by atoms with E-state index in [1.165, 1.54) is 0 Å². The Morgan fingerprint density at radius 1 is 1.29 bits per heavy atom. The lowest BCUT2D eigenvalue weighted by Gasteiger charge is -2.24. The molecule has 0 saturated carbocycles. The number of imidazole rings is 1. The number of aromatic nitrogens is 2. The Labute approximate surface area is 102 Å². The van der Waals surface area contributed by atoms with E-state index < -0.39 is 6.10 Å². The summed E-state index contributed by atoms with van der Waals surface area (Å²) in [7, 11) is 0. The van der Waals surface area contributed by atoms with Crippen LogP contribution >= 0.6 is 0 Å². The fourth-order valence-electron chi connectivity index (χ4n) is 2.18. The molecule has 0 aliphatic carbocycles. The predicted octanol–water partition coefficient (Wildman–Crippen LogP) is 2.88. The summed E-state index contributed by atoms with van der Waals surface area (Å²) in [5.74, 6) is 0.937. The van der Waals surface area contributed by atoms with Crippen molar-refractivity contribution in [3.63, 3.8) is 0 Å². The Bertz CT molecular complexity index is 464. The fraction of sp³-hybridized carbons (Fsp3) is 0.357. The van der Waals surface area contributed by atoms with Gasteiger partial charge in [0.2, 0.25) is 0 Å². The Balaban J connectivity index is 2.28. The van der Waals surface area contributed by atoms with Gasteiger partial charge < -0.3 is 9.67 Å². The molecular formula is C14H18N2O.